The predicted octanol–water partition coefficient (Wildman–Crippen LogP) is 1.73. The highest BCUT2D eigenvalue weighted by molar-refractivity contribution is 7.97. The first-order valence-electron chi connectivity index (χ1n) is 5.20. The normalized spacial score (nSPS) is 19.3. The molecule has 0 aliphatic carbocycles. The van der Waals surface area contributed by atoms with Gasteiger partial charge < -0.3 is 10.8 Å². The standard InChI is InChI=1S/C11H16N2OS/c12-9-2-1-3-11(8-9)15-13-6-4-10(14)5-7-13/h1-3,8,10,14H,4-7,12H2. The number of aliphatic hydroxyl groups is 1. The monoisotopic (exact) mass is 224 g/mol. The Morgan fingerprint density at radius 3 is 2.73 bits per heavy atom. The molecule has 0 radical (unpaired) electrons. The fourth-order valence-electron chi connectivity index (χ4n) is 1.65. The van der Waals surface area contributed by atoms with Crippen LogP contribution in [0.15, 0.2) is 29.2 Å². The van der Waals surface area contributed by atoms with Crippen molar-refractivity contribution in [2.24, 2.45) is 0 Å². The third-order valence-corrected chi connectivity index (χ3v) is 3.60. The summed E-state index contributed by atoms with van der Waals surface area (Å²) in [7, 11) is 0. The zero-order chi connectivity index (χ0) is 10.7. The first-order valence-corrected chi connectivity index (χ1v) is 5.98. The topological polar surface area (TPSA) is 49.5 Å². The van der Waals surface area contributed by atoms with Crippen LogP contribution in [0.25, 0.3) is 0 Å². The van der Waals surface area contributed by atoms with E-state index in [-0.39, 0.29) is 6.10 Å². The first-order chi connectivity index (χ1) is 7.24. The average molecular weight is 224 g/mol. The molecule has 2 rings (SSSR count). The number of hydrogen-bond acceptors (Lipinski definition) is 4. The highest BCUT2D eigenvalue weighted by Crippen LogP contribution is 2.27. The lowest BCUT2D eigenvalue weighted by Crippen LogP contribution is -2.30. The van der Waals surface area contributed by atoms with Gasteiger partial charge in [-0.1, -0.05) is 6.07 Å². The Balaban J connectivity index is 1.92. The molecule has 0 unspecified atom stereocenters. The van der Waals surface area contributed by atoms with E-state index in [9.17, 15) is 5.11 Å². The maximum absolute atomic E-state index is 9.38. The molecule has 0 spiro atoms. The molecule has 1 aliphatic rings. The van der Waals surface area contributed by atoms with Crippen LogP contribution in [-0.2, 0) is 0 Å². The summed E-state index contributed by atoms with van der Waals surface area (Å²) in [5, 5.41) is 9.38. The summed E-state index contributed by atoms with van der Waals surface area (Å²) in [4.78, 5) is 1.17. The molecule has 1 heterocycles. The summed E-state index contributed by atoms with van der Waals surface area (Å²) in [6.07, 6.45) is 1.63. The minimum atomic E-state index is -0.109. The zero-order valence-electron chi connectivity index (χ0n) is 8.60. The Morgan fingerprint density at radius 2 is 2.07 bits per heavy atom. The molecule has 0 saturated carbocycles. The molecule has 3 nitrogen and oxygen atoms in total. The van der Waals surface area contributed by atoms with Gasteiger partial charge in [0.15, 0.2) is 0 Å². The van der Waals surface area contributed by atoms with Crippen LogP contribution in [0.1, 0.15) is 12.8 Å². The van der Waals surface area contributed by atoms with Gasteiger partial charge in [0.1, 0.15) is 0 Å². The number of nitrogens with two attached hydrogens (primary N) is 1. The Morgan fingerprint density at radius 1 is 1.33 bits per heavy atom. The number of aliphatic hydroxyl groups excluding tert-OH is 1. The number of anilines is 1. The lowest BCUT2D eigenvalue weighted by atomic mass is 10.1. The van der Waals surface area contributed by atoms with Crippen molar-refractivity contribution in [3.05, 3.63) is 24.3 Å². The largest absolute Gasteiger partial charge is 0.399 e. The van der Waals surface area contributed by atoms with Crippen LogP contribution in [0, 0.1) is 0 Å². The average Bonchev–Trinajstić information content (AvgIpc) is 2.22. The second kappa shape index (κ2) is 4.88. The van der Waals surface area contributed by atoms with E-state index >= 15 is 0 Å². The van der Waals surface area contributed by atoms with E-state index in [1.165, 1.54) is 4.90 Å². The molecule has 1 fully saturated rings. The van der Waals surface area contributed by atoms with E-state index in [0.717, 1.165) is 31.6 Å². The van der Waals surface area contributed by atoms with Gasteiger partial charge in [0.05, 0.1) is 6.10 Å². The number of hydrogen-bond donors (Lipinski definition) is 2. The lowest BCUT2D eigenvalue weighted by molar-refractivity contribution is 0.116. The summed E-state index contributed by atoms with van der Waals surface area (Å²) >= 11 is 1.72. The van der Waals surface area contributed by atoms with Crippen LogP contribution in [0.3, 0.4) is 0 Å². The molecule has 4 heteroatoms. The van der Waals surface area contributed by atoms with Crippen LogP contribution in [0.2, 0.25) is 0 Å². The van der Waals surface area contributed by atoms with Gasteiger partial charge in [-0.2, -0.15) is 0 Å². The Labute approximate surface area is 94.4 Å². The van der Waals surface area contributed by atoms with E-state index in [0.29, 0.717) is 0 Å². The zero-order valence-corrected chi connectivity index (χ0v) is 9.41. The SMILES string of the molecule is Nc1cccc(SN2CCC(O)CC2)c1. The fourth-order valence-corrected chi connectivity index (χ4v) is 2.67. The van der Waals surface area contributed by atoms with Crippen molar-refractivity contribution in [1.82, 2.24) is 4.31 Å². The third kappa shape index (κ3) is 3.12. The molecule has 1 aliphatic heterocycles. The van der Waals surface area contributed by atoms with Crippen molar-refractivity contribution in [1.29, 1.82) is 0 Å². The van der Waals surface area contributed by atoms with Crippen molar-refractivity contribution in [2.75, 3.05) is 18.8 Å². The maximum atomic E-state index is 9.38. The van der Waals surface area contributed by atoms with Crippen LogP contribution in [0.4, 0.5) is 5.69 Å². The third-order valence-electron chi connectivity index (χ3n) is 2.52. The molecule has 82 valence electrons. The van der Waals surface area contributed by atoms with Gasteiger partial charge in [0.2, 0.25) is 0 Å². The second-order valence-electron chi connectivity index (χ2n) is 3.82. The molecule has 1 saturated heterocycles. The molecule has 1 aromatic carbocycles. The van der Waals surface area contributed by atoms with Gasteiger partial charge in [-0.15, -0.1) is 0 Å². The van der Waals surface area contributed by atoms with Crippen LogP contribution < -0.4 is 5.73 Å². The number of piperidine rings is 1. The van der Waals surface area contributed by atoms with Gasteiger partial charge in [0, 0.05) is 23.7 Å². The van der Waals surface area contributed by atoms with E-state index in [1.807, 2.05) is 18.2 Å². The van der Waals surface area contributed by atoms with E-state index in [4.69, 9.17) is 5.73 Å². The van der Waals surface area contributed by atoms with Crippen LogP contribution >= 0.6 is 11.9 Å². The van der Waals surface area contributed by atoms with Crippen molar-refractivity contribution in [3.63, 3.8) is 0 Å². The van der Waals surface area contributed by atoms with Gasteiger partial charge in [-0.25, -0.2) is 4.31 Å². The van der Waals surface area contributed by atoms with Crippen LogP contribution in [0.5, 0.6) is 0 Å². The number of benzene rings is 1. The summed E-state index contributed by atoms with van der Waals surface area (Å²) in [6, 6.07) is 7.90. The van der Waals surface area contributed by atoms with Gasteiger partial charge in [-0.3, -0.25) is 0 Å². The van der Waals surface area contributed by atoms with E-state index in [1.54, 1.807) is 11.9 Å². The molecule has 0 amide bonds. The Bertz CT molecular complexity index is 324. The molecule has 0 bridgehead atoms. The highest BCUT2D eigenvalue weighted by atomic mass is 32.2. The highest BCUT2D eigenvalue weighted by Gasteiger charge is 2.17. The first kappa shape index (κ1) is 10.8. The molecule has 1 aromatic rings. The minimum Gasteiger partial charge on any atom is -0.399 e. The smallest absolute Gasteiger partial charge is 0.0565 e. The molecular formula is C11H16N2OS. The van der Waals surface area contributed by atoms with Crippen molar-refractivity contribution in [2.45, 2.75) is 23.8 Å². The lowest BCUT2D eigenvalue weighted by Gasteiger charge is -2.28. The fraction of sp³-hybridized carbons (Fsp3) is 0.455. The van der Waals surface area contributed by atoms with Gasteiger partial charge in [0.25, 0.3) is 0 Å². The maximum Gasteiger partial charge on any atom is 0.0565 e. The number of nitrogens with zero attached hydrogens (tertiary/aromatic N) is 1. The Hall–Kier alpha value is -0.710. The summed E-state index contributed by atoms with van der Waals surface area (Å²) < 4.78 is 2.28. The van der Waals surface area contributed by atoms with Crippen molar-refractivity contribution >= 4 is 17.6 Å². The van der Waals surface area contributed by atoms with Gasteiger partial charge in [-0.05, 0) is 43.0 Å². The molecular weight excluding hydrogens is 208 g/mol. The summed E-state index contributed by atoms with van der Waals surface area (Å²) in [5.41, 5.74) is 6.52. The van der Waals surface area contributed by atoms with Crippen LogP contribution in [-0.4, -0.2) is 28.6 Å². The molecule has 3 N–H and O–H groups in total. The number of rotatable bonds is 2. The molecule has 15 heavy (non-hydrogen) atoms. The van der Waals surface area contributed by atoms with Gasteiger partial charge >= 0.3 is 0 Å². The molecule has 0 atom stereocenters. The number of nitrogen functional groups attached to an aromatic ring is 1. The molecule has 0 aromatic heterocycles. The second-order valence-corrected chi connectivity index (χ2v) is 4.99. The summed E-state index contributed by atoms with van der Waals surface area (Å²) in [6.45, 7) is 1.89. The minimum absolute atomic E-state index is 0.109. The van der Waals surface area contributed by atoms with E-state index < -0.39 is 0 Å². The quantitative estimate of drug-likeness (QED) is 0.593. The van der Waals surface area contributed by atoms with E-state index in [2.05, 4.69) is 10.4 Å². The van der Waals surface area contributed by atoms with Crippen molar-refractivity contribution < 1.29 is 5.11 Å². The van der Waals surface area contributed by atoms with Crippen molar-refractivity contribution in [3.8, 4) is 0 Å². The summed E-state index contributed by atoms with van der Waals surface area (Å²) in [5.74, 6) is 0. The Kier molecular flexibility index (Phi) is 3.51. The predicted molar refractivity (Wildman–Crippen MR) is 63.5 cm³/mol.